The Labute approximate surface area is 197 Å². The van der Waals surface area contributed by atoms with Crippen LogP contribution in [0.5, 0.6) is 11.6 Å². The van der Waals surface area contributed by atoms with Gasteiger partial charge in [0.05, 0.1) is 6.20 Å². The van der Waals surface area contributed by atoms with E-state index in [1.165, 1.54) is 0 Å². The number of nitrogens with one attached hydrogen (secondary N) is 2. The summed E-state index contributed by atoms with van der Waals surface area (Å²) in [6.07, 6.45) is 2.63. The van der Waals surface area contributed by atoms with E-state index in [1.807, 2.05) is 45.0 Å². The van der Waals surface area contributed by atoms with Gasteiger partial charge in [-0.1, -0.05) is 24.3 Å². The van der Waals surface area contributed by atoms with Crippen molar-refractivity contribution in [3.05, 3.63) is 78.3 Å². The van der Waals surface area contributed by atoms with Crippen LogP contribution in [0.1, 0.15) is 13.8 Å². The van der Waals surface area contributed by atoms with E-state index in [1.54, 1.807) is 54.6 Å². The summed E-state index contributed by atoms with van der Waals surface area (Å²) >= 11 is 0. The molecule has 0 radical (unpaired) electrons. The molecule has 0 spiro atoms. The SMILES string of the molecule is CN(C)C(C)(C)C=C(C#N)C(=O)Nc1cccc(Nc2ncc(F)c(Oc3ccccc3)n2)c1. The predicted molar refractivity (Wildman–Crippen MR) is 128 cm³/mol. The van der Waals surface area contributed by atoms with Crippen LogP contribution in [-0.2, 0) is 4.79 Å². The van der Waals surface area contributed by atoms with Gasteiger partial charge in [0.25, 0.3) is 11.8 Å². The van der Waals surface area contributed by atoms with Crippen LogP contribution in [0.15, 0.2) is 72.4 Å². The Kier molecular flexibility index (Phi) is 7.56. The maximum absolute atomic E-state index is 14.1. The molecule has 0 aliphatic carbocycles. The molecule has 9 heteroatoms. The summed E-state index contributed by atoms with van der Waals surface area (Å²) in [6.45, 7) is 3.81. The Balaban J connectivity index is 1.75. The summed E-state index contributed by atoms with van der Waals surface area (Å²) in [5.41, 5.74) is 0.528. The Hall–Kier alpha value is -4.29. The molecular weight excluding hydrogens is 435 g/mol. The Morgan fingerprint density at radius 3 is 2.53 bits per heavy atom. The number of amides is 1. The predicted octanol–water partition coefficient (Wildman–Crippen LogP) is 4.88. The first-order valence-corrected chi connectivity index (χ1v) is 10.4. The van der Waals surface area contributed by atoms with E-state index in [2.05, 4.69) is 20.6 Å². The highest BCUT2D eigenvalue weighted by molar-refractivity contribution is 6.06. The summed E-state index contributed by atoms with van der Waals surface area (Å²) in [7, 11) is 3.73. The molecule has 0 aliphatic heterocycles. The number of likely N-dealkylation sites (N-methyl/N-ethyl adjacent to an activating group) is 1. The molecule has 2 N–H and O–H groups in total. The second-order valence-corrected chi connectivity index (χ2v) is 8.14. The van der Waals surface area contributed by atoms with Gasteiger partial charge in [-0.05, 0) is 64.4 Å². The van der Waals surface area contributed by atoms with Gasteiger partial charge in [-0.15, -0.1) is 0 Å². The molecule has 0 unspecified atom stereocenters. The lowest BCUT2D eigenvalue weighted by Gasteiger charge is -2.29. The smallest absolute Gasteiger partial charge is 0.266 e. The molecule has 174 valence electrons. The second-order valence-electron chi connectivity index (χ2n) is 8.14. The number of para-hydroxylation sites is 1. The van der Waals surface area contributed by atoms with Gasteiger partial charge in [0.1, 0.15) is 17.4 Å². The molecule has 0 bridgehead atoms. The zero-order valence-electron chi connectivity index (χ0n) is 19.3. The van der Waals surface area contributed by atoms with Crippen molar-refractivity contribution < 1.29 is 13.9 Å². The average Bonchev–Trinajstić information content (AvgIpc) is 2.80. The standard InChI is InChI=1S/C25H25FN6O2/c1-25(2,32(3)4)14-17(15-27)22(33)29-18-9-8-10-19(13-18)30-24-28-16-21(26)23(31-24)34-20-11-6-5-7-12-20/h5-14,16H,1-4H3,(H,29,33)(H,28,30,31). The molecule has 3 aromatic rings. The number of ether oxygens (including phenoxy) is 1. The zero-order chi connectivity index (χ0) is 24.7. The van der Waals surface area contributed by atoms with Gasteiger partial charge in [0.15, 0.2) is 0 Å². The Morgan fingerprint density at radius 2 is 1.85 bits per heavy atom. The third-order valence-electron chi connectivity index (χ3n) is 5.06. The van der Waals surface area contributed by atoms with E-state index in [9.17, 15) is 14.4 Å². The summed E-state index contributed by atoms with van der Waals surface area (Å²) in [5.74, 6) is -0.894. The lowest BCUT2D eigenvalue weighted by Crippen LogP contribution is -2.37. The van der Waals surface area contributed by atoms with Gasteiger partial charge in [0, 0.05) is 16.9 Å². The van der Waals surface area contributed by atoms with Crippen LogP contribution >= 0.6 is 0 Å². The number of halogens is 1. The minimum absolute atomic E-state index is 0.00151. The largest absolute Gasteiger partial charge is 0.436 e. The van der Waals surface area contributed by atoms with Gasteiger partial charge in [-0.3, -0.25) is 4.79 Å². The van der Waals surface area contributed by atoms with Crippen molar-refractivity contribution in [1.29, 1.82) is 5.26 Å². The number of nitriles is 1. The minimum atomic E-state index is -0.702. The molecule has 1 aromatic heterocycles. The fraction of sp³-hybridized carbons (Fsp3) is 0.200. The number of carbonyl (C=O) groups excluding carboxylic acids is 1. The topological polar surface area (TPSA) is 103 Å². The van der Waals surface area contributed by atoms with Crippen LogP contribution in [0, 0.1) is 17.1 Å². The summed E-state index contributed by atoms with van der Waals surface area (Å²) in [4.78, 5) is 22.6. The van der Waals surface area contributed by atoms with Crippen molar-refractivity contribution in [2.24, 2.45) is 0 Å². The van der Waals surface area contributed by atoms with E-state index in [0.29, 0.717) is 17.1 Å². The van der Waals surface area contributed by atoms with Gasteiger partial charge in [0.2, 0.25) is 11.8 Å². The monoisotopic (exact) mass is 460 g/mol. The van der Waals surface area contributed by atoms with Crippen LogP contribution in [0.4, 0.5) is 21.7 Å². The van der Waals surface area contributed by atoms with Gasteiger partial charge in [-0.25, -0.2) is 4.98 Å². The summed E-state index contributed by atoms with van der Waals surface area (Å²) in [6, 6.07) is 17.5. The van der Waals surface area contributed by atoms with Crippen molar-refractivity contribution in [2.45, 2.75) is 19.4 Å². The van der Waals surface area contributed by atoms with Crippen molar-refractivity contribution in [3.8, 4) is 17.7 Å². The van der Waals surface area contributed by atoms with E-state index < -0.39 is 17.3 Å². The van der Waals surface area contributed by atoms with E-state index in [-0.39, 0.29) is 17.4 Å². The fourth-order valence-corrected chi connectivity index (χ4v) is 2.72. The maximum atomic E-state index is 14.1. The number of rotatable bonds is 8. The highest BCUT2D eigenvalue weighted by Crippen LogP contribution is 2.25. The molecule has 8 nitrogen and oxygen atoms in total. The highest BCUT2D eigenvalue weighted by Gasteiger charge is 2.21. The Bertz CT molecular complexity index is 1240. The van der Waals surface area contributed by atoms with Crippen molar-refractivity contribution in [3.63, 3.8) is 0 Å². The number of hydrogen-bond donors (Lipinski definition) is 2. The van der Waals surface area contributed by atoms with Crippen LogP contribution in [0.3, 0.4) is 0 Å². The molecule has 0 fully saturated rings. The maximum Gasteiger partial charge on any atom is 0.266 e. The molecule has 3 rings (SSSR count). The number of anilines is 3. The van der Waals surface area contributed by atoms with E-state index >= 15 is 0 Å². The van der Waals surface area contributed by atoms with Crippen LogP contribution in [-0.4, -0.2) is 40.4 Å². The lowest BCUT2D eigenvalue weighted by atomic mass is 10.00. The normalized spacial score (nSPS) is 11.6. The third kappa shape index (κ3) is 6.37. The van der Waals surface area contributed by atoms with Crippen molar-refractivity contribution >= 4 is 23.2 Å². The lowest BCUT2D eigenvalue weighted by molar-refractivity contribution is -0.112. The van der Waals surface area contributed by atoms with Crippen LogP contribution in [0.2, 0.25) is 0 Å². The fourth-order valence-electron chi connectivity index (χ4n) is 2.72. The van der Waals surface area contributed by atoms with E-state index in [0.717, 1.165) is 6.20 Å². The molecular formula is C25H25FN6O2. The third-order valence-corrected chi connectivity index (χ3v) is 5.06. The van der Waals surface area contributed by atoms with Crippen molar-refractivity contribution in [1.82, 2.24) is 14.9 Å². The summed E-state index contributed by atoms with van der Waals surface area (Å²) < 4.78 is 19.6. The van der Waals surface area contributed by atoms with E-state index in [4.69, 9.17) is 4.74 Å². The number of benzene rings is 2. The van der Waals surface area contributed by atoms with Gasteiger partial charge < -0.3 is 20.3 Å². The number of hydrogen-bond acceptors (Lipinski definition) is 7. The number of nitrogens with zero attached hydrogens (tertiary/aromatic N) is 4. The quantitative estimate of drug-likeness (QED) is 0.365. The highest BCUT2D eigenvalue weighted by atomic mass is 19.1. The minimum Gasteiger partial charge on any atom is -0.436 e. The summed E-state index contributed by atoms with van der Waals surface area (Å²) in [5, 5.41) is 15.1. The molecule has 1 heterocycles. The van der Waals surface area contributed by atoms with Gasteiger partial charge >= 0.3 is 0 Å². The molecule has 0 atom stereocenters. The first-order chi connectivity index (χ1) is 16.2. The van der Waals surface area contributed by atoms with Crippen LogP contribution < -0.4 is 15.4 Å². The van der Waals surface area contributed by atoms with Crippen molar-refractivity contribution in [2.75, 3.05) is 24.7 Å². The first kappa shape index (κ1) is 24.4. The van der Waals surface area contributed by atoms with Gasteiger partial charge in [-0.2, -0.15) is 14.6 Å². The molecule has 2 aromatic carbocycles. The average molecular weight is 461 g/mol. The van der Waals surface area contributed by atoms with Crippen LogP contribution in [0.25, 0.3) is 0 Å². The second kappa shape index (κ2) is 10.6. The first-order valence-electron chi connectivity index (χ1n) is 10.4. The number of carbonyl (C=O) groups is 1. The molecule has 0 saturated carbocycles. The molecule has 1 amide bonds. The number of aromatic nitrogens is 2. The molecule has 0 saturated heterocycles. The molecule has 0 aliphatic rings. The molecule has 34 heavy (non-hydrogen) atoms. The Morgan fingerprint density at radius 1 is 1.15 bits per heavy atom. The zero-order valence-corrected chi connectivity index (χ0v) is 19.3.